The van der Waals surface area contributed by atoms with Crippen LogP contribution in [0.3, 0.4) is 0 Å². The summed E-state index contributed by atoms with van der Waals surface area (Å²) in [6, 6.07) is 0. The summed E-state index contributed by atoms with van der Waals surface area (Å²) in [6.07, 6.45) is 2.53. The summed E-state index contributed by atoms with van der Waals surface area (Å²) in [5.41, 5.74) is 0. The number of thioether (sulfide) groups is 1. The average molecular weight is 212 g/mol. The van der Waals surface area contributed by atoms with E-state index in [1.807, 2.05) is 18.7 Å². The van der Waals surface area contributed by atoms with Gasteiger partial charge in [0.25, 0.3) is 0 Å². The summed E-state index contributed by atoms with van der Waals surface area (Å²) in [6.45, 7) is 5.55. The van der Waals surface area contributed by atoms with Crippen molar-refractivity contribution in [2.45, 2.75) is 29.9 Å². The number of piperidine rings is 3. The van der Waals surface area contributed by atoms with Crippen LogP contribution < -0.4 is 5.32 Å². The summed E-state index contributed by atoms with van der Waals surface area (Å²) in [7, 11) is 0. The molecule has 2 atom stereocenters. The minimum Gasteiger partial charge on any atom is -0.339 e. The van der Waals surface area contributed by atoms with E-state index in [0.29, 0.717) is 5.92 Å². The Morgan fingerprint density at radius 1 is 1.50 bits per heavy atom. The third kappa shape index (κ3) is 1.13. The summed E-state index contributed by atoms with van der Waals surface area (Å²) in [5, 5.41) is 3.38. The van der Waals surface area contributed by atoms with Crippen LogP contribution in [0.4, 0.5) is 0 Å². The molecule has 2 bridgehead atoms. The van der Waals surface area contributed by atoms with Crippen molar-refractivity contribution < 1.29 is 4.79 Å². The molecule has 1 amide bonds. The van der Waals surface area contributed by atoms with Gasteiger partial charge in [-0.25, -0.2) is 0 Å². The Bertz CT molecular complexity index is 275. The topological polar surface area (TPSA) is 32.3 Å². The summed E-state index contributed by atoms with van der Waals surface area (Å²) in [4.78, 5) is 14.1. The van der Waals surface area contributed by atoms with Gasteiger partial charge in [0, 0.05) is 6.54 Å². The molecular weight excluding hydrogens is 196 g/mol. The maximum absolute atomic E-state index is 11.6. The summed E-state index contributed by atoms with van der Waals surface area (Å²) < 4.78 is 0. The lowest BCUT2D eigenvalue weighted by Gasteiger charge is -2.50. The first-order chi connectivity index (χ1) is 6.70. The van der Waals surface area contributed by atoms with Crippen LogP contribution in [0.5, 0.6) is 0 Å². The molecular formula is C10H16N2OS. The molecule has 4 aliphatic rings. The predicted octanol–water partition coefficient (Wildman–Crippen LogP) is 0.660. The zero-order valence-corrected chi connectivity index (χ0v) is 9.27. The second-order valence-corrected chi connectivity index (χ2v) is 6.36. The van der Waals surface area contributed by atoms with Gasteiger partial charge in [-0.2, -0.15) is 0 Å². The number of carbonyl (C=O) groups is 1. The molecule has 4 aliphatic heterocycles. The fraction of sp³-hybridized carbons (Fsp3) is 0.900. The van der Waals surface area contributed by atoms with Crippen LogP contribution in [0.2, 0.25) is 0 Å². The third-order valence-corrected chi connectivity index (χ3v) is 5.35. The Kier molecular flexibility index (Phi) is 1.86. The number of fused-ring (bicyclic) bond motifs is 2. The zero-order valence-electron chi connectivity index (χ0n) is 8.45. The number of hydrogen-bond donors (Lipinski definition) is 1. The molecule has 3 nitrogen and oxygen atoms in total. The molecule has 0 radical (unpaired) electrons. The van der Waals surface area contributed by atoms with Gasteiger partial charge in [0.05, 0.1) is 5.25 Å². The molecule has 78 valence electrons. The molecule has 0 unspecified atom stereocenters. The van der Waals surface area contributed by atoms with Crippen LogP contribution in [0.25, 0.3) is 0 Å². The second-order valence-electron chi connectivity index (χ2n) is 4.69. The van der Waals surface area contributed by atoms with E-state index < -0.39 is 0 Å². The lowest BCUT2D eigenvalue weighted by molar-refractivity contribution is -0.121. The van der Waals surface area contributed by atoms with Crippen LogP contribution in [0.1, 0.15) is 19.8 Å². The van der Waals surface area contributed by atoms with E-state index in [1.165, 1.54) is 25.9 Å². The smallest absolute Gasteiger partial charge is 0.234 e. The van der Waals surface area contributed by atoms with Crippen LogP contribution in [-0.2, 0) is 4.79 Å². The second kappa shape index (κ2) is 2.89. The lowest BCUT2D eigenvalue weighted by atomic mass is 9.83. The highest BCUT2D eigenvalue weighted by atomic mass is 32.2. The minimum atomic E-state index is 0.0764. The van der Waals surface area contributed by atoms with Crippen molar-refractivity contribution in [3.8, 4) is 0 Å². The fourth-order valence-corrected chi connectivity index (χ4v) is 4.64. The van der Waals surface area contributed by atoms with E-state index in [9.17, 15) is 4.79 Å². The van der Waals surface area contributed by atoms with Gasteiger partial charge in [0.15, 0.2) is 0 Å². The van der Waals surface area contributed by atoms with Gasteiger partial charge in [0.2, 0.25) is 5.91 Å². The van der Waals surface area contributed by atoms with Crippen molar-refractivity contribution in [1.82, 2.24) is 10.2 Å². The first-order valence-corrected chi connectivity index (χ1v) is 6.30. The van der Waals surface area contributed by atoms with E-state index >= 15 is 0 Å². The van der Waals surface area contributed by atoms with Crippen LogP contribution in [0, 0.1) is 5.92 Å². The van der Waals surface area contributed by atoms with Gasteiger partial charge < -0.3 is 10.2 Å². The lowest BCUT2D eigenvalue weighted by Crippen LogP contribution is -2.62. The van der Waals surface area contributed by atoms with Gasteiger partial charge in [-0.05, 0) is 38.8 Å². The predicted molar refractivity (Wildman–Crippen MR) is 57.1 cm³/mol. The standard InChI is InChI=1S/C10H16N2OS/c1-7-9(13)11-10(14-7)6-12-4-2-8(10)3-5-12/h7-8H,2-6H2,1H3,(H,11,13)/t7-,10+/m0/s1. The highest BCUT2D eigenvalue weighted by Crippen LogP contribution is 2.47. The number of nitrogens with one attached hydrogen (secondary N) is 1. The van der Waals surface area contributed by atoms with Gasteiger partial charge >= 0.3 is 0 Å². The van der Waals surface area contributed by atoms with Crippen LogP contribution in [0.15, 0.2) is 0 Å². The number of nitrogens with zero attached hydrogens (tertiary/aromatic N) is 1. The van der Waals surface area contributed by atoms with Crippen molar-refractivity contribution in [2.24, 2.45) is 5.92 Å². The highest BCUT2D eigenvalue weighted by Gasteiger charge is 2.53. The molecule has 1 spiro atoms. The summed E-state index contributed by atoms with van der Waals surface area (Å²) >= 11 is 1.86. The maximum atomic E-state index is 11.6. The number of hydrogen-bond acceptors (Lipinski definition) is 3. The Morgan fingerprint density at radius 2 is 2.21 bits per heavy atom. The minimum absolute atomic E-state index is 0.0764. The molecule has 4 saturated heterocycles. The van der Waals surface area contributed by atoms with E-state index in [4.69, 9.17) is 0 Å². The molecule has 4 heterocycles. The van der Waals surface area contributed by atoms with Crippen molar-refractivity contribution in [1.29, 1.82) is 0 Å². The average Bonchev–Trinajstić information content (AvgIpc) is 2.43. The highest BCUT2D eigenvalue weighted by molar-refractivity contribution is 8.02. The number of amides is 1. The van der Waals surface area contributed by atoms with Gasteiger partial charge in [-0.1, -0.05) is 0 Å². The Balaban J connectivity index is 1.87. The van der Waals surface area contributed by atoms with Crippen molar-refractivity contribution >= 4 is 17.7 Å². The molecule has 0 saturated carbocycles. The Morgan fingerprint density at radius 3 is 2.64 bits per heavy atom. The van der Waals surface area contributed by atoms with E-state index in [2.05, 4.69) is 10.2 Å². The molecule has 0 aromatic rings. The van der Waals surface area contributed by atoms with Crippen molar-refractivity contribution in [2.75, 3.05) is 19.6 Å². The molecule has 0 aliphatic carbocycles. The molecule has 1 N–H and O–H groups in total. The normalized spacial score (nSPS) is 51.2. The molecule has 4 fully saturated rings. The Hall–Kier alpha value is -0.220. The monoisotopic (exact) mass is 212 g/mol. The van der Waals surface area contributed by atoms with Gasteiger partial charge in [-0.15, -0.1) is 11.8 Å². The number of rotatable bonds is 0. The Labute approximate surface area is 88.6 Å². The van der Waals surface area contributed by atoms with Crippen LogP contribution >= 0.6 is 11.8 Å². The summed E-state index contributed by atoms with van der Waals surface area (Å²) in [5.74, 6) is 0.954. The third-order valence-electron chi connectivity index (χ3n) is 3.80. The first kappa shape index (κ1) is 9.04. The van der Waals surface area contributed by atoms with E-state index in [0.717, 1.165) is 6.54 Å². The number of carbonyl (C=O) groups excluding carboxylic acids is 1. The molecule has 4 rings (SSSR count). The maximum Gasteiger partial charge on any atom is 0.234 e. The van der Waals surface area contributed by atoms with Gasteiger partial charge in [-0.3, -0.25) is 4.79 Å². The van der Waals surface area contributed by atoms with E-state index in [1.54, 1.807) is 0 Å². The fourth-order valence-electron chi connectivity index (χ4n) is 3.00. The SMILES string of the molecule is C[C@@H]1S[C@@]2(CN3CCC2CC3)NC1=O. The molecule has 0 aromatic carbocycles. The van der Waals surface area contributed by atoms with Crippen LogP contribution in [-0.4, -0.2) is 40.6 Å². The zero-order chi connectivity index (χ0) is 9.76. The molecule has 0 aromatic heterocycles. The van der Waals surface area contributed by atoms with E-state index in [-0.39, 0.29) is 16.0 Å². The van der Waals surface area contributed by atoms with Crippen molar-refractivity contribution in [3.05, 3.63) is 0 Å². The quantitative estimate of drug-likeness (QED) is 0.640. The first-order valence-electron chi connectivity index (χ1n) is 5.42. The largest absolute Gasteiger partial charge is 0.339 e. The molecule has 4 heteroatoms. The van der Waals surface area contributed by atoms with Gasteiger partial charge in [0.1, 0.15) is 4.87 Å². The van der Waals surface area contributed by atoms with Crippen molar-refractivity contribution in [3.63, 3.8) is 0 Å². The molecule has 14 heavy (non-hydrogen) atoms.